The summed E-state index contributed by atoms with van der Waals surface area (Å²) in [6.45, 7) is 4.34. The Hall–Kier alpha value is -0.900. The summed E-state index contributed by atoms with van der Waals surface area (Å²) in [6, 6.07) is -0.466. The third-order valence-corrected chi connectivity index (χ3v) is 1.59. The standard InChI is InChI=1S/C9H17N2O2/c1-7(2)6-8(10)9(13)11-4-3-5-12/h7-8H,3-4,6,10H2,1-2H3,(H,11,13)/t8-/m0/s1. The lowest BCUT2D eigenvalue weighted by Gasteiger charge is -2.13. The molecule has 0 aromatic heterocycles. The van der Waals surface area contributed by atoms with Crippen molar-refractivity contribution in [1.29, 1.82) is 0 Å². The molecule has 4 nitrogen and oxygen atoms in total. The van der Waals surface area contributed by atoms with Gasteiger partial charge in [0.15, 0.2) is 6.29 Å². The summed E-state index contributed by atoms with van der Waals surface area (Å²) >= 11 is 0. The maximum atomic E-state index is 11.2. The second-order valence-corrected chi connectivity index (χ2v) is 3.42. The van der Waals surface area contributed by atoms with E-state index in [4.69, 9.17) is 5.73 Å². The highest BCUT2D eigenvalue weighted by atomic mass is 16.2. The summed E-state index contributed by atoms with van der Waals surface area (Å²) in [5, 5.41) is 2.56. The van der Waals surface area contributed by atoms with Crippen molar-refractivity contribution >= 4 is 12.2 Å². The number of hydrogen-bond donors (Lipinski definition) is 2. The van der Waals surface area contributed by atoms with Crippen LogP contribution in [-0.2, 0) is 9.59 Å². The molecule has 0 spiro atoms. The second kappa shape index (κ2) is 6.60. The van der Waals surface area contributed by atoms with Gasteiger partial charge in [0.25, 0.3) is 0 Å². The van der Waals surface area contributed by atoms with Gasteiger partial charge in [-0.2, -0.15) is 0 Å². The van der Waals surface area contributed by atoms with Crippen LogP contribution in [0.5, 0.6) is 0 Å². The van der Waals surface area contributed by atoms with Crippen LogP contribution in [0, 0.1) is 5.92 Å². The minimum absolute atomic E-state index is 0.191. The zero-order valence-corrected chi connectivity index (χ0v) is 8.17. The van der Waals surface area contributed by atoms with Crippen LogP contribution >= 0.6 is 0 Å². The Kier molecular flexibility index (Phi) is 6.14. The smallest absolute Gasteiger partial charge is 0.236 e. The van der Waals surface area contributed by atoms with Crippen molar-refractivity contribution in [2.75, 3.05) is 6.54 Å². The molecule has 0 saturated carbocycles. The van der Waals surface area contributed by atoms with Crippen molar-refractivity contribution in [2.45, 2.75) is 32.7 Å². The van der Waals surface area contributed by atoms with E-state index < -0.39 is 6.04 Å². The average molecular weight is 185 g/mol. The molecule has 0 aromatic rings. The molecular formula is C9H17N2O2. The maximum Gasteiger partial charge on any atom is 0.236 e. The highest BCUT2D eigenvalue weighted by Gasteiger charge is 2.13. The Morgan fingerprint density at radius 2 is 2.15 bits per heavy atom. The molecule has 1 amide bonds. The van der Waals surface area contributed by atoms with E-state index in [-0.39, 0.29) is 12.3 Å². The number of carbonyl (C=O) groups is 1. The fourth-order valence-electron chi connectivity index (χ4n) is 0.983. The first-order valence-corrected chi connectivity index (χ1v) is 4.46. The van der Waals surface area contributed by atoms with Crippen LogP contribution in [-0.4, -0.2) is 24.8 Å². The first kappa shape index (κ1) is 12.1. The SMILES string of the molecule is CC(C)C[C@H](N)C(=O)NCC[C]=O. The zero-order valence-electron chi connectivity index (χ0n) is 8.17. The fourth-order valence-corrected chi connectivity index (χ4v) is 0.983. The van der Waals surface area contributed by atoms with Gasteiger partial charge in [-0.1, -0.05) is 13.8 Å². The van der Waals surface area contributed by atoms with E-state index >= 15 is 0 Å². The van der Waals surface area contributed by atoms with Gasteiger partial charge < -0.3 is 11.1 Å². The number of nitrogens with two attached hydrogens (primary N) is 1. The topological polar surface area (TPSA) is 72.2 Å². The number of rotatable bonds is 6. The van der Waals surface area contributed by atoms with Crippen LogP contribution in [0.4, 0.5) is 0 Å². The lowest BCUT2D eigenvalue weighted by Crippen LogP contribution is -2.41. The molecule has 0 aliphatic rings. The van der Waals surface area contributed by atoms with Gasteiger partial charge in [0.05, 0.1) is 6.04 Å². The van der Waals surface area contributed by atoms with E-state index in [2.05, 4.69) is 5.32 Å². The van der Waals surface area contributed by atoms with Gasteiger partial charge in [-0.05, 0) is 12.3 Å². The maximum absolute atomic E-state index is 11.2. The predicted molar refractivity (Wildman–Crippen MR) is 50.8 cm³/mol. The van der Waals surface area contributed by atoms with Crippen LogP contribution < -0.4 is 11.1 Å². The first-order chi connectivity index (χ1) is 6.07. The molecule has 0 fully saturated rings. The lowest BCUT2D eigenvalue weighted by atomic mass is 10.0. The van der Waals surface area contributed by atoms with E-state index in [1.807, 2.05) is 13.8 Å². The third-order valence-electron chi connectivity index (χ3n) is 1.59. The Morgan fingerprint density at radius 3 is 2.62 bits per heavy atom. The molecule has 0 aliphatic carbocycles. The van der Waals surface area contributed by atoms with Crippen molar-refractivity contribution < 1.29 is 9.59 Å². The summed E-state index contributed by atoms with van der Waals surface area (Å²) in [4.78, 5) is 21.0. The van der Waals surface area contributed by atoms with E-state index in [0.717, 1.165) is 0 Å². The van der Waals surface area contributed by atoms with E-state index in [1.165, 1.54) is 0 Å². The van der Waals surface area contributed by atoms with E-state index in [9.17, 15) is 9.59 Å². The van der Waals surface area contributed by atoms with Crippen LogP contribution in [0.25, 0.3) is 0 Å². The van der Waals surface area contributed by atoms with Gasteiger partial charge in [0.2, 0.25) is 5.91 Å². The van der Waals surface area contributed by atoms with E-state index in [1.54, 1.807) is 6.29 Å². The van der Waals surface area contributed by atoms with Crippen molar-refractivity contribution in [3.8, 4) is 0 Å². The molecule has 0 heterocycles. The molecule has 13 heavy (non-hydrogen) atoms. The Labute approximate surface area is 78.9 Å². The molecule has 0 aliphatic heterocycles. The predicted octanol–water partition coefficient (Wildman–Crippen LogP) is -0.0242. The van der Waals surface area contributed by atoms with Crippen molar-refractivity contribution in [3.63, 3.8) is 0 Å². The zero-order chi connectivity index (χ0) is 10.3. The van der Waals surface area contributed by atoms with Crippen molar-refractivity contribution in [2.24, 2.45) is 11.7 Å². The molecule has 0 unspecified atom stereocenters. The quantitative estimate of drug-likeness (QED) is 0.571. The van der Waals surface area contributed by atoms with Gasteiger partial charge in [-0.15, -0.1) is 0 Å². The molecule has 4 heteroatoms. The lowest BCUT2D eigenvalue weighted by molar-refractivity contribution is -0.122. The molecular weight excluding hydrogens is 168 g/mol. The summed E-state index contributed by atoms with van der Waals surface area (Å²) in [6.07, 6.45) is 2.58. The number of carbonyl (C=O) groups excluding carboxylic acids is 2. The molecule has 0 bridgehead atoms. The average Bonchev–Trinajstić information content (AvgIpc) is 2.03. The summed E-state index contributed by atoms with van der Waals surface area (Å²) < 4.78 is 0. The summed E-state index contributed by atoms with van der Waals surface area (Å²) in [7, 11) is 0. The minimum atomic E-state index is -0.466. The molecule has 3 N–H and O–H groups in total. The van der Waals surface area contributed by atoms with Crippen LogP contribution in [0.2, 0.25) is 0 Å². The van der Waals surface area contributed by atoms with Gasteiger partial charge in [0, 0.05) is 13.0 Å². The molecule has 0 saturated heterocycles. The molecule has 1 radical (unpaired) electrons. The van der Waals surface area contributed by atoms with Gasteiger partial charge in [-0.3, -0.25) is 9.59 Å². The van der Waals surface area contributed by atoms with Gasteiger partial charge >= 0.3 is 0 Å². The highest BCUT2D eigenvalue weighted by molar-refractivity contribution is 5.81. The second-order valence-electron chi connectivity index (χ2n) is 3.42. The van der Waals surface area contributed by atoms with Crippen LogP contribution in [0.15, 0.2) is 0 Å². The van der Waals surface area contributed by atoms with Gasteiger partial charge in [-0.25, -0.2) is 0 Å². The summed E-state index contributed by atoms with van der Waals surface area (Å²) in [5.74, 6) is 0.210. The minimum Gasteiger partial charge on any atom is -0.354 e. The van der Waals surface area contributed by atoms with Crippen molar-refractivity contribution in [1.82, 2.24) is 5.32 Å². The molecule has 1 atom stereocenters. The monoisotopic (exact) mass is 185 g/mol. The van der Waals surface area contributed by atoms with E-state index in [0.29, 0.717) is 18.9 Å². The molecule has 75 valence electrons. The first-order valence-electron chi connectivity index (χ1n) is 4.46. The fraction of sp³-hybridized carbons (Fsp3) is 0.778. The van der Waals surface area contributed by atoms with Crippen LogP contribution in [0.3, 0.4) is 0 Å². The third kappa shape index (κ3) is 6.28. The Balaban J connectivity index is 3.62. The number of hydrogen-bond acceptors (Lipinski definition) is 3. The molecule has 0 aromatic carbocycles. The Bertz CT molecular complexity index is 169. The van der Waals surface area contributed by atoms with Crippen LogP contribution in [0.1, 0.15) is 26.7 Å². The summed E-state index contributed by atoms with van der Waals surface area (Å²) in [5.41, 5.74) is 5.59. The largest absolute Gasteiger partial charge is 0.354 e. The van der Waals surface area contributed by atoms with Gasteiger partial charge in [0.1, 0.15) is 0 Å². The Morgan fingerprint density at radius 1 is 1.54 bits per heavy atom. The number of amides is 1. The normalized spacial score (nSPS) is 12.6. The number of nitrogens with one attached hydrogen (secondary N) is 1. The van der Waals surface area contributed by atoms with Crippen molar-refractivity contribution in [3.05, 3.63) is 0 Å². The highest BCUT2D eigenvalue weighted by Crippen LogP contribution is 2.02. The molecule has 0 rings (SSSR count).